The van der Waals surface area contributed by atoms with Gasteiger partial charge in [-0.15, -0.1) is 0 Å². The molecule has 0 fully saturated rings. The van der Waals surface area contributed by atoms with Gasteiger partial charge >= 0.3 is 0 Å². The van der Waals surface area contributed by atoms with Crippen LogP contribution >= 0.6 is 23.2 Å². The van der Waals surface area contributed by atoms with Crippen LogP contribution in [0.4, 0.5) is 8.78 Å². The minimum absolute atomic E-state index is 0.137. The third kappa shape index (κ3) is 5.61. The van der Waals surface area contributed by atoms with Crippen LogP contribution in [0.15, 0.2) is 47.6 Å². The van der Waals surface area contributed by atoms with Crippen LogP contribution in [-0.4, -0.2) is 35.6 Å². The van der Waals surface area contributed by atoms with E-state index in [0.717, 1.165) is 6.20 Å². The smallest absolute Gasteiger partial charge is 0.257 e. The van der Waals surface area contributed by atoms with Crippen LogP contribution in [0, 0.1) is 11.6 Å². The first-order valence-corrected chi connectivity index (χ1v) is 11.3. The van der Waals surface area contributed by atoms with Crippen molar-refractivity contribution in [3.05, 3.63) is 81.2 Å². The molecule has 0 amide bonds. The second-order valence-electron chi connectivity index (χ2n) is 7.55. The Bertz CT molecular complexity index is 1160. The summed E-state index contributed by atoms with van der Waals surface area (Å²) in [6.07, 6.45) is 1.12. The van der Waals surface area contributed by atoms with E-state index >= 15 is 0 Å². The average Bonchev–Trinajstić information content (AvgIpc) is 3.16. The van der Waals surface area contributed by atoms with Crippen molar-refractivity contribution < 1.29 is 22.3 Å². The Labute approximate surface area is 188 Å². The second-order valence-corrected chi connectivity index (χ2v) is 10.1. The van der Waals surface area contributed by atoms with E-state index in [1.165, 1.54) is 50.2 Å². The summed E-state index contributed by atoms with van der Waals surface area (Å²) in [6, 6.07) is 8.02. The summed E-state index contributed by atoms with van der Waals surface area (Å²) >= 11 is 11.9. The average molecular weight is 490 g/mol. The maximum Gasteiger partial charge on any atom is 0.257 e. The number of sulfonamides is 1. The highest BCUT2D eigenvalue weighted by Crippen LogP contribution is 2.34. The maximum atomic E-state index is 13.7. The lowest BCUT2D eigenvalue weighted by Crippen LogP contribution is -2.38. The monoisotopic (exact) mass is 489 g/mol. The molecule has 1 aromatic heterocycles. The maximum absolute atomic E-state index is 13.7. The van der Waals surface area contributed by atoms with Crippen molar-refractivity contribution in [3.8, 4) is 0 Å². The van der Waals surface area contributed by atoms with Crippen LogP contribution in [0.25, 0.3) is 0 Å². The molecule has 0 radical (unpaired) electrons. The van der Waals surface area contributed by atoms with Gasteiger partial charge in [-0.05, 0) is 49.2 Å². The third-order valence-electron chi connectivity index (χ3n) is 4.38. The van der Waals surface area contributed by atoms with E-state index in [-0.39, 0.29) is 27.4 Å². The molecule has 6 nitrogen and oxygen atoms in total. The van der Waals surface area contributed by atoms with Gasteiger partial charge in [0.2, 0.25) is 0 Å². The summed E-state index contributed by atoms with van der Waals surface area (Å²) in [5.41, 5.74) is -0.289. The van der Waals surface area contributed by atoms with Gasteiger partial charge in [0.05, 0.1) is 27.8 Å². The minimum Gasteiger partial charge on any atom is -0.389 e. The van der Waals surface area contributed by atoms with Gasteiger partial charge in [0.25, 0.3) is 10.0 Å². The number of hydrogen-bond acceptors (Lipinski definition) is 4. The number of hydrogen-bond donors (Lipinski definition) is 3. The van der Waals surface area contributed by atoms with Crippen molar-refractivity contribution in [2.24, 2.45) is 0 Å². The molecule has 0 bridgehead atoms. The molecule has 3 N–H and O–H groups in total. The molecule has 1 heterocycles. The summed E-state index contributed by atoms with van der Waals surface area (Å²) in [5.74, 6) is -1.80. The molecular formula is C20H19Cl2F2N3O3S. The number of aromatic nitrogens is 2. The van der Waals surface area contributed by atoms with E-state index in [1.54, 1.807) is 0 Å². The number of imidazole rings is 1. The van der Waals surface area contributed by atoms with Gasteiger partial charge in [-0.25, -0.2) is 26.9 Å². The Morgan fingerprint density at radius 2 is 1.61 bits per heavy atom. The number of H-pyrrole nitrogens is 1. The van der Waals surface area contributed by atoms with E-state index in [0.29, 0.717) is 11.1 Å². The third-order valence-corrected chi connectivity index (χ3v) is 6.27. The van der Waals surface area contributed by atoms with E-state index in [2.05, 4.69) is 14.7 Å². The molecule has 31 heavy (non-hydrogen) atoms. The molecule has 3 aromatic rings. The fourth-order valence-corrected chi connectivity index (χ4v) is 4.35. The quantitative estimate of drug-likeness (QED) is 0.462. The normalized spacial score (nSPS) is 12.5. The Hall–Kier alpha value is -2.04. The fourth-order valence-electron chi connectivity index (χ4n) is 2.84. The first kappa shape index (κ1) is 23.6. The lowest BCUT2D eigenvalue weighted by Gasteiger charge is -2.18. The zero-order valence-electron chi connectivity index (χ0n) is 16.5. The topological polar surface area (TPSA) is 95.1 Å². The Kier molecular flexibility index (Phi) is 6.73. The van der Waals surface area contributed by atoms with Crippen molar-refractivity contribution in [3.63, 3.8) is 0 Å². The van der Waals surface area contributed by atoms with E-state index in [9.17, 15) is 22.3 Å². The van der Waals surface area contributed by atoms with Crippen molar-refractivity contribution in [2.75, 3.05) is 6.54 Å². The number of benzene rings is 2. The van der Waals surface area contributed by atoms with E-state index < -0.39 is 33.2 Å². The largest absolute Gasteiger partial charge is 0.389 e. The van der Waals surface area contributed by atoms with Gasteiger partial charge in [0.15, 0.2) is 5.03 Å². The van der Waals surface area contributed by atoms with Gasteiger partial charge in [0.1, 0.15) is 17.5 Å². The highest BCUT2D eigenvalue weighted by atomic mass is 35.5. The van der Waals surface area contributed by atoms with Gasteiger partial charge in [0, 0.05) is 6.54 Å². The van der Waals surface area contributed by atoms with E-state index in [1.807, 2.05) is 0 Å². The summed E-state index contributed by atoms with van der Waals surface area (Å²) in [6.45, 7) is 2.70. The predicted octanol–water partition coefficient (Wildman–Crippen LogP) is 4.22. The lowest BCUT2D eigenvalue weighted by atomic mass is 9.90. The lowest BCUT2D eigenvalue weighted by molar-refractivity contribution is 0.0857. The fraction of sp³-hybridized carbons (Fsp3) is 0.250. The SMILES string of the molecule is CC(C)(O)CNS(=O)(=O)c1cnc(C(c2ccc(F)c(Cl)c2)c2ccc(F)c(Cl)c2)[nH]1. The summed E-state index contributed by atoms with van der Waals surface area (Å²) in [4.78, 5) is 6.91. The molecule has 2 aromatic carbocycles. The molecule has 0 aliphatic rings. The van der Waals surface area contributed by atoms with Gasteiger partial charge < -0.3 is 10.1 Å². The minimum atomic E-state index is -4.00. The number of aromatic amines is 1. The van der Waals surface area contributed by atoms with E-state index in [4.69, 9.17) is 23.2 Å². The first-order chi connectivity index (χ1) is 14.4. The molecule has 166 valence electrons. The molecule has 0 atom stereocenters. The van der Waals surface area contributed by atoms with Crippen molar-refractivity contribution in [1.82, 2.24) is 14.7 Å². The van der Waals surface area contributed by atoms with Crippen molar-refractivity contribution in [2.45, 2.75) is 30.4 Å². The molecule has 0 unspecified atom stereocenters. The Morgan fingerprint density at radius 3 is 2.06 bits per heavy atom. The molecule has 0 saturated heterocycles. The van der Waals surface area contributed by atoms with Gasteiger partial charge in [-0.2, -0.15) is 0 Å². The van der Waals surface area contributed by atoms with Crippen LogP contribution in [0.3, 0.4) is 0 Å². The Morgan fingerprint density at radius 1 is 1.10 bits per heavy atom. The van der Waals surface area contributed by atoms with Gasteiger partial charge in [-0.3, -0.25) is 0 Å². The molecule has 0 aliphatic heterocycles. The molecule has 0 aliphatic carbocycles. The van der Waals surface area contributed by atoms with Crippen LogP contribution in [0.1, 0.15) is 36.7 Å². The Balaban J connectivity index is 2.06. The summed E-state index contributed by atoms with van der Waals surface area (Å²) < 4.78 is 54.8. The highest BCUT2D eigenvalue weighted by Gasteiger charge is 2.26. The predicted molar refractivity (Wildman–Crippen MR) is 114 cm³/mol. The summed E-state index contributed by atoms with van der Waals surface area (Å²) in [7, 11) is -4.00. The standard InChI is InChI=1S/C20H19Cl2F2N3O3S/c1-20(2,28)10-26-31(29,30)17-9-25-19(27-17)18(11-3-5-15(23)13(21)7-11)12-4-6-16(24)14(22)8-12/h3-9,18,26,28H,10H2,1-2H3,(H,25,27). The molecular weight excluding hydrogens is 471 g/mol. The number of aliphatic hydroxyl groups is 1. The van der Waals surface area contributed by atoms with Crippen LogP contribution in [0.2, 0.25) is 10.0 Å². The zero-order chi connectivity index (χ0) is 23.0. The number of nitrogens with zero attached hydrogens (tertiary/aromatic N) is 1. The van der Waals surface area contributed by atoms with Crippen LogP contribution in [0.5, 0.6) is 0 Å². The summed E-state index contributed by atoms with van der Waals surface area (Å²) in [5, 5.41) is 9.26. The molecule has 0 spiro atoms. The second kappa shape index (κ2) is 8.84. The first-order valence-electron chi connectivity index (χ1n) is 9.04. The highest BCUT2D eigenvalue weighted by molar-refractivity contribution is 7.89. The zero-order valence-corrected chi connectivity index (χ0v) is 18.8. The molecule has 3 rings (SSSR count). The van der Waals surface area contributed by atoms with Crippen LogP contribution in [-0.2, 0) is 10.0 Å². The molecule has 11 heteroatoms. The number of rotatable bonds is 7. The molecule has 0 saturated carbocycles. The van der Waals surface area contributed by atoms with Crippen molar-refractivity contribution in [1.29, 1.82) is 0 Å². The van der Waals surface area contributed by atoms with Crippen molar-refractivity contribution >= 4 is 33.2 Å². The van der Waals surface area contributed by atoms with Crippen LogP contribution < -0.4 is 4.72 Å². The van der Waals surface area contributed by atoms with Gasteiger partial charge in [-0.1, -0.05) is 35.3 Å². The number of halogens is 4. The number of nitrogens with one attached hydrogen (secondary N) is 2.